The van der Waals surface area contributed by atoms with Crippen LogP contribution in [-0.2, 0) is 17.6 Å². The minimum absolute atomic E-state index is 0.0127. The third kappa shape index (κ3) is 4.34. The molecule has 2 aromatic carbocycles. The Balaban J connectivity index is 1.93. The highest BCUT2D eigenvalue weighted by Gasteiger charge is 2.44. The minimum atomic E-state index is -1.49. The Morgan fingerprint density at radius 2 is 1.62 bits per heavy atom. The van der Waals surface area contributed by atoms with Crippen LogP contribution in [-0.4, -0.2) is 51.4 Å². The second kappa shape index (κ2) is 8.85. The third-order valence-corrected chi connectivity index (χ3v) is 5.57. The quantitative estimate of drug-likeness (QED) is 0.607. The lowest BCUT2D eigenvalue weighted by molar-refractivity contribution is -0.231. The fourth-order valence-corrected chi connectivity index (χ4v) is 3.65. The van der Waals surface area contributed by atoms with Crippen molar-refractivity contribution in [2.45, 2.75) is 57.2 Å². The van der Waals surface area contributed by atoms with Gasteiger partial charge < -0.3 is 25.2 Å². The highest BCUT2D eigenvalue weighted by Crippen LogP contribution is 2.34. The Kier molecular flexibility index (Phi) is 6.65. The third-order valence-electron chi connectivity index (χ3n) is 5.57. The van der Waals surface area contributed by atoms with Crippen molar-refractivity contribution < 1.29 is 33.9 Å². The normalized spacial score (nSPS) is 27.2. The van der Waals surface area contributed by atoms with Crippen LogP contribution in [0.2, 0.25) is 0 Å². The molecular formula is C22H26F2O5. The second-order valence-electron chi connectivity index (χ2n) is 7.50. The Morgan fingerprint density at radius 3 is 2.21 bits per heavy atom. The first-order valence-corrected chi connectivity index (χ1v) is 9.63. The molecule has 0 unspecified atom stereocenters. The number of rotatable bonds is 5. The van der Waals surface area contributed by atoms with Crippen molar-refractivity contribution >= 4 is 0 Å². The molecule has 7 heteroatoms. The molecule has 0 radical (unpaired) electrons. The molecule has 1 fully saturated rings. The number of halogens is 2. The predicted molar refractivity (Wildman–Crippen MR) is 102 cm³/mol. The van der Waals surface area contributed by atoms with Gasteiger partial charge in [-0.2, -0.15) is 0 Å². The molecule has 1 aliphatic rings. The molecule has 0 aliphatic carbocycles. The van der Waals surface area contributed by atoms with Crippen LogP contribution in [0.3, 0.4) is 0 Å². The monoisotopic (exact) mass is 408 g/mol. The number of aliphatic hydroxyl groups is 4. The Hall–Kier alpha value is -1.90. The first kappa shape index (κ1) is 21.8. The molecule has 5 nitrogen and oxygen atoms in total. The van der Waals surface area contributed by atoms with Crippen LogP contribution in [0.25, 0.3) is 0 Å². The summed E-state index contributed by atoms with van der Waals surface area (Å²) in [4.78, 5) is 0. The van der Waals surface area contributed by atoms with E-state index in [9.17, 15) is 29.2 Å². The van der Waals surface area contributed by atoms with Gasteiger partial charge in [0.05, 0.1) is 6.61 Å². The fraction of sp³-hybridized carbons (Fsp3) is 0.455. The second-order valence-corrected chi connectivity index (χ2v) is 7.50. The predicted octanol–water partition coefficient (Wildman–Crippen LogP) is 1.94. The summed E-state index contributed by atoms with van der Waals surface area (Å²) in [6, 6.07) is 7.74. The molecule has 0 saturated carbocycles. The number of aryl methyl sites for hydroxylation is 2. The van der Waals surface area contributed by atoms with Crippen molar-refractivity contribution in [3.63, 3.8) is 0 Å². The van der Waals surface area contributed by atoms with Crippen molar-refractivity contribution in [2.24, 2.45) is 0 Å². The van der Waals surface area contributed by atoms with E-state index in [0.29, 0.717) is 23.1 Å². The lowest BCUT2D eigenvalue weighted by atomic mass is 9.89. The molecule has 1 aliphatic heterocycles. The van der Waals surface area contributed by atoms with Gasteiger partial charge in [0.1, 0.15) is 42.2 Å². The zero-order valence-corrected chi connectivity index (χ0v) is 16.3. The average Bonchev–Trinajstić information content (AvgIpc) is 2.70. The SMILES string of the molecule is CCc1cc(F)c(Cc2cc([C@@H]3O[C@H](CO)[C@@H](O)[C@H](O)[C@H]3O)ccc2C)c(F)c1. The van der Waals surface area contributed by atoms with Crippen LogP contribution in [0, 0.1) is 18.6 Å². The van der Waals surface area contributed by atoms with E-state index in [2.05, 4.69) is 0 Å². The Morgan fingerprint density at radius 1 is 0.966 bits per heavy atom. The summed E-state index contributed by atoms with van der Waals surface area (Å²) in [5.41, 5.74) is 2.46. The maximum atomic E-state index is 14.4. The molecule has 5 atom stereocenters. The van der Waals surface area contributed by atoms with E-state index in [1.807, 2.05) is 13.8 Å². The van der Waals surface area contributed by atoms with Gasteiger partial charge in [-0.15, -0.1) is 0 Å². The van der Waals surface area contributed by atoms with E-state index in [1.54, 1.807) is 18.2 Å². The van der Waals surface area contributed by atoms with E-state index < -0.39 is 48.8 Å². The molecule has 3 rings (SSSR count). The van der Waals surface area contributed by atoms with Gasteiger partial charge in [-0.25, -0.2) is 8.78 Å². The summed E-state index contributed by atoms with van der Waals surface area (Å²) in [6.07, 6.45) is -5.84. The molecular weight excluding hydrogens is 382 g/mol. The molecule has 4 N–H and O–H groups in total. The number of aliphatic hydroxyl groups excluding tert-OH is 4. The van der Waals surface area contributed by atoms with Crippen LogP contribution in [0.1, 0.15) is 40.8 Å². The lowest BCUT2D eigenvalue weighted by Crippen LogP contribution is -2.55. The van der Waals surface area contributed by atoms with E-state index in [1.165, 1.54) is 12.1 Å². The van der Waals surface area contributed by atoms with Gasteiger partial charge in [0, 0.05) is 12.0 Å². The number of hydrogen-bond acceptors (Lipinski definition) is 5. The molecule has 2 aromatic rings. The van der Waals surface area contributed by atoms with Crippen LogP contribution < -0.4 is 0 Å². The summed E-state index contributed by atoms with van der Waals surface area (Å²) in [5.74, 6) is -1.22. The molecule has 0 bridgehead atoms. The van der Waals surface area contributed by atoms with Gasteiger partial charge in [-0.1, -0.05) is 25.1 Å². The summed E-state index contributed by atoms with van der Waals surface area (Å²) in [7, 11) is 0. The van der Waals surface area contributed by atoms with E-state index >= 15 is 0 Å². The van der Waals surface area contributed by atoms with E-state index in [4.69, 9.17) is 4.74 Å². The molecule has 0 spiro atoms. The van der Waals surface area contributed by atoms with Gasteiger partial charge in [0.2, 0.25) is 0 Å². The van der Waals surface area contributed by atoms with Gasteiger partial charge >= 0.3 is 0 Å². The maximum absolute atomic E-state index is 14.4. The van der Waals surface area contributed by atoms with Crippen molar-refractivity contribution in [1.82, 2.24) is 0 Å². The zero-order valence-electron chi connectivity index (χ0n) is 16.3. The first-order valence-electron chi connectivity index (χ1n) is 9.63. The largest absolute Gasteiger partial charge is 0.394 e. The van der Waals surface area contributed by atoms with E-state index in [-0.39, 0.29) is 12.0 Å². The molecule has 158 valence electrons. The Bertz CT molecular complexity index is 847. The van der Waals surface area contributed by atoms with Gasteiger partial charge in [0.25, 0.3) is 0 Å². The summed E-state index contributed by atoms with van der Waals surface area (Å²) < 4.78 is 34.4. The molecule has 0 amide bonds. The smallest absolute Gasteiger partial charge is 0.129 e. The Labute approximate surface area is 168 Å². The number of benzene rings is 2. The molecule has 0 aromatic heterocycles. The highest BCUT2D eigenvalue weighted by atomic mass is 19.1. The van der Waals surface area contributed by atoms with E-state index in [0.717, 1.165) is 5.56 Å². The van der Waals surface area contributed by atoms with Crippen LogP contribution in [0.4, 0.5) is 8.78 Å². The number of ether oxygens (including phenoxy) is 1. The van der Waals surface area contributed by atoms with Crippen molar-refractivity contribution in [1.29, 1.82) is 0 Å². The molecule has 1 saturated heterocycles. The molecule has 1 heterocycles. The minimum Gasteiger partial charge on any atom is -0.394 e. The van der Waals surface area contributed by atoms with Gasteiger partial charge in [-0.3, -0.25) is 0 Å². The maximum Gasteiger partial charge on any atom is 0.129 e. The van der Waals surface area contributed by atoms with Crippen molar-refractivity contribution in [2.75, 3.05) is 6.61 Å². The highest BCUT2D eigenvalue weighted by molar-refractivity contribution is 5.38. The average molecular weight is 408 g/mol. The summed E-state index contributed by atoms with van der Waals surface area (Å²) >= 11 is 0. The fourth-order valence-electron chi connectivity index (χ4n) is 3.65. The summed E-state index contributed by atoms with van der Waals surface area (Å²) in [6.45, 7) is 3.10. The topological polar surface area (TPSA) is 90.2 Å². The zero-order chi connectivity index (χ0) is 21.3. The van der Waals surface area contributed by atoms with Crippen LogP contribution in [0.15, 0.2) is 30.3 Å². The standard InChI is InChI=1S/C22H26F2O5/c1-3-12-6-16(23)15(17(24)7-12)9-14-8-13(5-4-11(14)2)22-21(28)20(27)19(26)18(10-25)29-22/h4-8,18-22,25-28H,3,9-10H2,1-2H3/t18-,19-,20+,21-,22+/m1/s1. The van der Waals surface area contributed by atoms with Crippen LogP contribution in [0.5, 0.6) is 0 Å². The summed E-state index contributed by atoms with van der Waals surface area (Å²) in [5, 5.41) is 39.7. The number of hydrogen-bond donors (Lipinski definition) is 4. The lowest BCUT2D eigenvalue weighted by Gasteiger charge is -2.40. The van der Waals surface area contributed by atoms with Crippen LogP contribution >= 0.6 is 0 Å². The van der Waals surface area contributed by atoms with Crippen molar-refractivity contribution in [3.8, 4) is 0 Å². The molecule has 29 heavy (non-hydrogen) atoms. The van der Waals surface area contributed by atoms with Gasteiger partial charge in [0.15, 0.2) is 0 Å². The van der Waals surface area contributed by atoms with Crippen molar-refractivity contribution in [3.05, 3.63) is 69.8 Å². The first-order chi connectivity index (χ1) is 13.8. The van der Waals surface area contributed by atoms with Gasteiger partial charge in [-0.05, 0) is 47.7 Å².